The number of hydrogen-bond acceptors (Lipinski definition) is 6. The molecule has 0 bridgehead atoms. The minimum absolute atomic E-state index is 0.0427. The van der Waals surface area contributed by atoms with Crippen LogP contribution >= 0.6 is 0 Å². The zero-order valence-electron chi connectivity index (χ0n) is 13.1. The lowest BCUT2D eigenvalue weighted by Gasteiger charge is -2.08. The molecule has 0 aliphatic rings. The fourth-order valence-corrected chi connectivity index (χ4v) is 2.04. The average Bonchev–Trinajstić information content (AvgIpc) is 2.52. The highest BCUT2D eigenvalue weighted by Crippen LogP contribution is 2.27. The van der Waals surface area contributed by atoms with Crippen molar-refractivity contribution in [1.29, 1.82) is 5.26 Å². The van der Waals surface area contributed by atoms with Gasteiger partial charge in [-0.1, -0.05) is 25.3 Å². The summed E-state index contributed by atoms with van der Waals surface area (Å²) in [5.41, 5.74) is -0.283. The Kier molecular flexibility index (Phi) is 8.14. The van der Waals surface area contributed by atoms with Crippen molar-refractivity contribution in [2.75, 3.05) is 13.2 Å². The van der Waals surface area contributed by atoms with Gasteiger partial charge in [0, 0.05) is 13.0 Å². The van der Waals surface area contributed by atoms with Gasteiger partial charge in [0.2, 0.25) is 0 Å². The zero-order chi connectivity index (χ0) is 17.1. The Labute approximate surface area is 135 Å². The summed E-state index contributed by atoms with van der Waals surface area (Å²) < 4.78 is 10.3. The molecule has 0 radical (unpaired) electrons. The van der Waals surface area contributed by atoms with E-state index < -0.39 is 4.92 Å². The molecule has 0 heterocycles. The Bertz CT molecular complexity index is 580. The number of nitro groups is 1. The van der Waals surface area contributed by atoms with Crippen molar-refractivity contribution >= 4 is 11.7 Å². The fourth-order valence-electron chi connectivity index (χ4n) is 2.04. The summed E-state index contributed by atoms with van der Waals surface area (Å²) in [5, 5.41) is 19.9. The molecule has 0 aliphatic carbocycles. The summed E-state index contributed by atoms with van der Waals surface area (Å²) in [5.74, 6) is -0.0137. The highest BCUT2D eigenvalue weighted by atomic mass is 16.6. The van der Waals surface area contributed by atoms with Crippen LogP contribution in [0.3, 0.4) is 0 Å². The molecule has 7 nitrogen and oxygen atoms in total. The van der Waals surface area contributed by atoms with Gasteiger partial charge in [0.1, 0.15) is 11.8 Å². The quantitative estimate of drug-likeness (QED) is 0.283. The third kappa shape index (κ3) is 6.78. The summed E-state index contributed by atoms with van der Waals surface area (Å²) >= 11 is 0. The van der Waals surface area contributed by atoms with Gasteiger partial charge in [0.15, 0.2) is 5.56 Å². The molecule has 23 heavy (non-hydrogen) atoms. The Balaban J connectivity index is 2.27. The zero-order valence-corrected chi connectivity index (χ0v) is 13.1. The predicted octanol–water partition coefficient (Wildman–Crippen LogP) is 3.36. The summed E-state index contributed by atoms with van der Waals surface area (Å²) in [6.45, 7) is 2.24. The van der Waals surface area contributed by atoms with Crippen LogP contribution in [0.1, 0.15) is 44.6 Å². The van der Waals surface area contributed by atoms with Crippen molar-refractivity contribution in [3.8, 4) is 11.8 Å². The molecule has 1 aromatic carbocycles. The maximum Gasteiger partial charge on any atom is 0.302 e. The molecule has 1 rings (SSSR count). The topological polar surface area (TPSA) is 102 Å². The Morgan fingerprint density at radius 2 is 1.87 bits per heavy atom. The Morgan fingerprint density at radius 1 is 1.22 bits per heavy atom. The van der Waals surface area contributed by atoms with Crippen molar-refractivity contribution in [2.24, 2.45) is 0 Å². The van der Waals surface area contributed by atoms with Crippen molar-refractivity contribution < 1.29 is 19.2 Å². The van der Waals surface area contributed by atoms with Crippen LogP contribution in [0.4, 0.5) is 5.69 Å². The van der Waals surface area contributed by atoms with E-state index in [1.54, 1.807) is 6.07 Å². The van der Waals surface area contributed by atoms with Gasteiger partial charge < -0.3 is 9.47 Å². The second-order valence-corrected chi connectivity index (χ2v) is 4.98. The molecule has 0 unspecified atom stereocenters. The largest absolute Gasteiger partial charge is 0.492 e. The van der Waals surface area contributed by atoms with Crippen LogP contribution in [-0.4, -0.2) is 24.1 Å². The molecule has 0 N–H and O–H groups in total. The van der Waals surface area contributed by atoms with Crippen LogP contribution in [-0.2, 0) is 9.53 Å². The number of nitrogens with zero attached hydrogens (tertiary/aromatic N) is 2. The monoisotopic (exact) mass is 320 g/mol. The number of hydrogen-bond donors (Lipinski definition) is 0. The van der Waals surface area contributed by atoms with E-state index in [-0.39, 0.29) is 23.0 Å². The van der Waals surface area contributed by atoms with Crippen LogP contribution in [0.15, 0.2) is 18.2 Å². The number of unbranched alkanes of at least 4 members (excludes halogenated alkanes) is 4. The van der Waals surface area contributed by atoms with Gasteiger partial charge in [0.05, 0.1) is 18.1 Å². The summed E-state index contributed by atoms with van der Waals surface area (Å²) in [6, 6.07) is 6.17. The fraction of sp³-hybridized carbons (Fsp3) is 0.500. The van der Waals surface area contributed by atoms with E-state index in [1.165, 1.54) is 19.1 Å². The van der Waals surface area contributed by atoms with Gasteiger partial charge in [-0.05, 0) is 18.9 Å². The molecule has 0 saturated carbocycles. The Hall–Kier alpha value is -2.62. The maximum atomic E-state index is 10.8. The molecule has 0 saturated heterocycles. The summed E-state index contributed by atoms with van der Waals surface area (Å²) in [4.78, 5) is 20.8. The molecule has 124 valence electrons. The molecular weight excluding hydrogens is 300 g/mol. The van der Waals surface area contributed by atoms with Crippen LogP contribution < -0.4 is 4.74 Å². The Morgan fingerprint density at radius 3 is 2.48 bits per heavy atom. The third-order valence-corrected chi connectivity index (χ3v) is 3.16. The van der Waals surface area contributed by atoms with Crippen LogP contribution in [0.2, 0.25) is 0 Å². The summed E-state index contributed by atoms with van der Waals surface area (Å²) in [6.07, 6.45) is 4.53. The lowest BCUT2D eigenvalue weighted by molar-refractivity contribution is -0.385. The van der Waals surface area contributed by atoms with Gasteiger partial charge in [-0.3, -0.25) is 14.9 Å². The smallest absolute Gasteiger partial charge is 0.302 e. The van der Waals surface area contributed by atoms with E-state index >= 15 is 0 Å². The van der Waals surface area contributed by atoms with Gasteiger partial charge in [-0.2, -0.15) is 5.26 Å². The van der Waals surface area contributed by atoms with Crippen molar-refractivity contribution in [3.63, 3.8) is 0 Å². The molecule has 7 heteroatoms. The SMILES string of the molecule is CC(=O)OCCCCCCCOc1cccc([N+](=O)[O-])c1C#N. The van der Waals surface area contributed by atoms with Crippen LogP contribution in [0.25, 0.3) is 0 Å². The van der Waals surface area contributed by atoms with Crippen LogP contribution in [0.5, 0.6) is 5.75 Å². The van der Waals surface area contributed by atoms with Gasteiger partial charge >= 0.3 is 5.97 Å². The third-order valence-electron chi connectivity index (χ3n) is 3.16. The molecular formula is C16H20N2O5. The average molecular weight is 320 g/mol. The minimum atomic E-state index is -0.589. The van der Waals surface area contributed by atoms with E-state index in [4.69, 9.17) is 14.7 Å². The van der Waals surface area contributed by atoms with Crippen molar-refractivity contribution in [3.05, 3.63) is 33.9 Å². The lowest BCUT2D eigenvalue weighted by Crippen LogP contribution is -2.02. The van der Waals surface area contributed by atoms with E-state index in [2.05, 4.69) is 0 Å². The van der Waals surface area contributed by atoms with E-state index in [1.807, 2.05) is 6.07 Å². The lowest BCUT2D eigenvalue weighted by atomic mass is 10.1. The highest BCUT2D eigenvalue weighted by molar-refractivity contribution is 5.65. The first kappa shape index (κ1) is 18.4. The predicted molar refractivity (Wildman–Crippen MR) is 83.0 cm³/mol. The summed E-state index contributed by atoms with van der Waals surface area (Å²) in [7, 11) is 0. The standard InChI is InChI=1S/C16H20N2O5/c1-13(19)22-10-5-3-2-4-6-11-23-16-9-7-8-15(18(20)21)14(16)12-17/h7-9H,2-6,10-11H2,1H3. The molecule has 0 atom stereocenters. The number of rotatable bonds is 10. The minimum Gasteiger partial charge on any atom is -0.492 e. The first-order valence-electron chi connectivity index (χ1n) is 7.50. The first-order valence-corrected chi connectivity index (χ1v) is 7.50. The molecule has 0 amide bonds. The first-order chi connectivity index (χ1) is 11.1. The number of carbonyl (C=O) groups excluding carboxylic acids is 1. The second kappa shape index (κ2) is 10.2. The number of nitriles is 1. The van der Waals surface area contributed by atoms with E-state index in [0.29, 0.717) is 13.2 Å². The highest BCUT2D eigenvalue weighted by Gasteiger charge is 2.17. The number of benzene rings is 1. The number of carbonyl (C=O) groups is 1. The van der Waals surface area contributed by atoms with Crippen LogP contribution in [0, 0.1) is 21.4 Å². The molecule has 1 aromatic rings. The van der Waals surface area contributed by atoms with E-state index in [9.17, 15) is 14.9 Å². The number of nitro benzene ring substituents is 1. The van der Waals surface area contributed by atoms with Crippen molar-refractivity contribution in [1.82, 2.24) is 0 Å². The van der Waals surface area contributed by atoms with Gasteiger partial charge in [-0.15, -0.1) is 0 Å². The van der Waals surface area contributed by atoms with E-state index in [0.717, 1.165) is 32.1 Å². The normalized spacial score (nSPS) is 9.91. The molecule has 0 spiro atoms. The van der Waals surface area contributed by atoms with Gasteiger partial charge in [-0.25, -0.2) is 0 Å². The number of ether oxygens (including phenoxy) is 2. The molecule has 0 aliphatic heterocycles. The second-order valence-electron chi connectivity index (χ2n) is 4.98. The molecule has 0 fully saturated rings. The maximum absolute atomic E-state index is 10.8. The van der Waals surface area contributed by atoms with Crippen molar-refractivity contribution in [2.45, 2.75) is 39.0 Å². The number of esters is 1. The molecule has 0 aromatic heterocycles. The van der Waals surface area contributed by atoms with Gasteiger partial charge in [0.25, 0.3) is 5.69 Å².